The van der Waals surface area contributed by atoms with Gasteiger partial charge in [0.15, 0.2) is 0 Å². The molecule has 0 atom stereocenters. The quantitative estimate of drug-likeness (QED) is 0.492. The summed E-state index contributed by atoms with van der Waals surface area (Å²) in [5.41, 5.74) is 5.04. The smallest absolute Gasteiger partial charge is 0.294 e. The summed E-state index contributed by atoms with van der Waals surface area (Å²) in [6, 6.07) is 4.17. The molecule has 0 fully saturated rings. The van der Waals surface area contributed by atoms with E-state index < -0.39 is 10.8 Å². The van der Waals surface area contributed by atoms with E-state index in [4.69, 9.17) is 17.3 Å². The number of rotatable bonds is 5. The number of hydrogen-bond donors (Lipinski definition) is 2. The average Bonchev–Trinajstić information content (AvgIpc) is 2.94. The topological polar surface area (TPSA) is 116 Å². The molecule has 110 valence electrons. The molecule has 3 N–H and O–H groups in total. The molecular formula is C12H12ClN5O3. The van der Waals surface area contributed by atoms with Gasteiger partial charge in [-0.2, -0.15) is 5.10 Å². The van der Waals surface area contributed by atoms with Crippen LogP contribution in [0.2, 0.25) is 5.02 Å². The van der Waals surface area contributed by atoms with Crippen LogP contribution in [0.15, 0.2) is 30.6 Å². The maximum atomic E-state index is 11.9. The van der Waals surface area contributed by atoms with E-state index in [2.05, 4.69) is 10.4 Å². The highest BCUT2D eigenvalue weighted by Gasteiger charge is 2.19. The lowest BCUT2D eigenvalue weighted by Gasteiger charge is -2.07. The lowest BCUT2D eigenvalue weighted by molar-refractivity contribution is -0.383. The van der Waals surface area contributed by atoms with Gasteiger partial charge in [0.1, 0.15) is 5.69 Å². The molecule has 8 nitrogen and oxygen atoms in total. The maximum absolute atomic E-state index is 11.9. The van der Waals surface area contributed by atoms with E-state index in [0.717, 1.165) is 6.07 Å². The van der Waals surface area contributed by atoms with Crippen LogP contribution in [0.1, 0.15) is 10.4 Å². The van der Waals surface area contributed by atoms with Crippen molar-refractivity contribution in [2.45, 2.75) is 6.54 Å². The van der Waals surface area contributed by atoms with Crippen LogP contribution in [0, 0.1) is 10.1 Å². The number of carbonyl (C=O) groups excluding carboxylic acids is 1. The highest BCUT2D eigenvalue weighted by molar-refractivity contribution is 6.34. The van der Waals surface area contributed by atoms with E-state index in [1.807, 2.05) is 0 Å². The largest absolute Gasteiger partial charge is 0.392 e. The van der Waals surface area contributed by atoms with Crippen molar-refractivity contribution in [2.75, 3.05) is 12.3 Å². The van der Waals surface area contributed by atoms with Gasteiger partial charge in [0.2, 0.25) is 0 Å². The summed E-state index contributed by atoms with van der Waals surface area (Å²) < 4.78 is 1.65. The summed E-state index contributed by atoms with van der Waals surface area (Å²) in [4.78, 5) is 22.1. The number of benzene rings is 1. The van der Waals surface area contributed by atoms with Crippen molar-refractivity contribution in [3.8, 4) is 0 Å². The minimum atomic E-state index is -0.679. The zero-order valence-electron chi connectivity index (χ0n) is 10.8. The minimum absolute atomic E-state index is 0.0265. The number of nitrogens with one attached hydrogen (secondary N) is 1. The maximum Gasteiger partial charge on any atom is 0.294 e. The van der Waals surface area contributed by atoms with Gasteiger partial charge in [-0.1, -0.05) is 11.6 Å². The third-order valence-corrected chi connectivity index (χ3v) is 3.06. The minimum Gasteiger partial charge on any atom is -0.392 e. The lowest BCUT2D eigenvalue weighted by atomic mass is 10.1. The average molecular weight is 310 g/mol. The first kappa shape index (κ1) is 14.8. The van der Waals surface area contributed by atoms with Crippen molar-refractivity contribution < 1.29 is 9.72 Å². The molecule has 9 heteroatoms. The first-order valence-electron chi connectivity index (χ1n) is 5.98. The molecule has 2 rings (SSSR count). The van der Waals surface area contributed by atoms with E-state index in [-0.39, 0.29) is 22.0 Å². The predicted molar refractivity (Wildman–Crippen MR) is 77.1 cm³/mol. The summed E-state index contributed by atoms with van der Waals surface area (Å²) in [6.07, 6.45) is 3.39. The number of nitro groups is 1. The molecule has 0 radical (unpaired) electrons. The highest BCUT2D eigenvalue weighted by Crippen LogP contribution is 2.30. The number of carbonyl (C=O) groups is 1. The van der Waals surface area contributed by atoms with Crippen molar-refractivity contribution in [1.29, 1.82) is 0 Å². The van der Waals surface area contributed by atoms with Crippen LogP contribution in [0.4, 0.5) is 11.4 Å². The number of halogens is 1. The van der Waals surface area contributed by atoms with Gasteiger partial charge in [0, 0.05) is 30.6 Å². The molecule has 0 aliphatic heterocycles. The van der Waals surface area contributed by atoms with Crippen LogP contribution in [-0.4, -0.2) is 27.2 Å². The molecule has 0 aliphatic carbocycles. The zero-order valence-corrected chi connectivity index (χ0v) is 11.6. The molecule has 0 aliphatic rings. The molecule has 0 bridgehead atoms. The lowest BCUT2D eigenvalue weighted by Crippen LogP contribution is -2.27. The summed E-state index contributed by atoms with van der Waals surface area (Å²) in [5.74, 6) is -0.466. The van der Waals surface area contributed by atoms with Crippen molar-refractivity contribution in [3.05, 3.63) is 51.3 Å². The Morgan fingerprint density at radius 2 is 2.29 bits per heavy atom. The molecule has 0 saturated heterocycles. The Hall–Kier alpha value is -2.61. The second-order valence-corrected chi connectivity index (χ2v) is 4.58. The van der Waals surface area contributed by atoms with Crippen LogP contribution >= 0.6 is 11.6 Å². The number of nitro benzene ring substituents is 1. The third-order valence-electron chi connectivity index (χ3n) is 2.75. The Balaban J connectivity index is 2.07. The first-order chi connectivity index (χ1) is 9.99. The highest BCUT2D eigenvalue weighted by atomic mass is 35.5. The second-order valence-electron chi connectivity index (χ2n) is 4.17. The van der Waals surface area contributed by atoms with Gasteiger partial charge in [0.25, 0.3) is 11.6 Å². The van der Waals surface area contributed by atoms with Gasteiger partial charge < -0.3 is 11.1 Å². The molecular weight excluding hydrogens is 298 g/mol. The fourth-order valence-electron chi connectivity index (χ4n) is 1.70. The molecule has 0 spiro atoms. The monoisotopic (exact) mass is 309 g/mol. The first-order valence-corrected chi connectivity index (χ1v) is 6.36. The van der Waals surface area contributed by atoms with Gasteiger partial charge >= 0.3 is 0 Å². The van der Waals surface area contributed by atoms with Crippen LogP contribution in [-0.2, 0) is 6.54 Å². The number of hydrogen-bond acceptors (Lipinski definition) is 5. The second kappa shape index (κ2) is 6.23. The molecule has 0 saturated carbocycles. The summed E-state index contributed by atoms with van der Waals surface area (Å²) >= 11 is 5.80. The Morgan fingerprint density at radius 1 is 1.52 bits per heavy atom. The molecule has 1 amide bonds. The predicted octanol–water partition coefficient (Wildman–Crippen LogP) is 1.46. The van der Waals surface area contributed by atoms with Crippen LogP contribution in [0.5, 0.6) is 0 Å². The van der Waals surface area contributed by atoms with Crippen LogP contribution in [0.3, 0.4) is 0 Å². The Bertz CT molecular complexity index is 672. The molecule has 1 aromatic carbocycles. The number of nitrogens with zero attached hydrogens (tertiary/aromatic N) is 3. The molecule has 21 heavy (non-hydrogen) atoms. The summed E-state index contributed by atoms with van der Waals surface area (Å²) in [5, 5.41) is 17.4. The molecule has 1 heterocycles. The van der Waals surface area contributed by atoms with Crippen molar-refractivity contribution >= 4 is 28.9 Å². The summed E-state index contributed by atoms with van der Waals surface area (Å²) in [7, 11) is 0. The van der Waals surface area contributed by atoms with Crippen LogP contribution < -0.4 is 11.1 Å². The number of aromatic nitrogens is 2. The molecule has 1 aromatic heterocycles. The van der Waals surface area contributed by atoms with Gasteiger partial charge in [-0.15, -0.1) is 0 Å². The van der Waals surface area contributed by atoms with Crippen LogP contribution in [0.25, 0.3) is 0 Å². The Labute approximate surface area is 124 Å². The van der Waals surface area contributed by atoms with Gasteiger partial charge in [-0.3, -0.25) is 19.6 Å². The zero-order chi connectivity index (χ0) is 15.4. The van der Waals surface area contributed by atoms with E-state index >= 15 is 0 Å². The number of amides is 1. The Morgan fingerprint density at radius 3 is 2.90 bits per heavy atom. The fourth-order valence-corrected chi connectivity index (χ4v) is 1.92. The normalized spacial score (nSPS) is 10.3. The van der Waals surface area contributed by atoms with Gasteiger partial charge in [0.05, 0.1) is 16.5 Å². The van der Waals surface area contributed by atoms with E-state index in [1.165, 1.54) is 6.07 Å². The van der Waals surface area contributed by atoms with E-state index in [9.17, 15) is 14.9 Å². The fraction of sp³-hybridized carbons (Fsp3) is 0.167. The molecule has 2 aromatic rings. The van der Waals surface area contributed by atoms with E-state index in [1.54, 1.807) is 23.1 Å². The Kier molecular flexibility index (Phi) is 4.39. The van der Waals surface area contributed by atoms with E-state index in [0.29, 0.717) is 13.1 Å². The third kappa shape index (κ3) is 3.48. The van der Waals surface area contributed by atoms with Gasteiger partial charge in [-0.05, 0) is 12.1 Å². The standard InChI is InChI=1S/C12H12ClN5O3/c13-9-6-8(7-10(11(9)14)18(20)21)12(19)15-3-5-17-4-1-2-16-17/h1-2,4,6-7H,3,5,14H2,(H,15,19). The number of nitrogens with two attached hydrogens (primary N) is 1. The van der Waals surface area contributed by atoms with Crippen molar-refractivity contribution in [2.24, 2.45) is 0 Å². The summed E-state index contributed by atoms with van der Waals surface area (Å²) in [6.45, 7) is 0.819. The van der Waals surface area contributed by atoms with Crippen molar-refractivity contribution in [3.63, 3.8) is 0 Å². The number of nitrogen functional groups attached to an aromatic ring is 1. The molecule has 0 unspecified atom stereocenters. The number of anilines is 1. The van der Waals surface area contributed by atoms with Gasteiger partial charge in [-0.25, -0.2) is 0 Å². The SMILES string of the molecule is Nc1c(Cl)cc(C(=O)NCCn2cccn2)cc1[N+](=O)[O-]. The van der Waals surface area contributed by atoms with Crippen molar-refractivity contribution in [1.82, 2.24) is 15.1 Å².